The third-order valence-electron chi connectivity index (χ3n) is 7.68. The number of hydrogen-bond donors (Lipinski definition) is 2. The molecule has 196 valence electrons. The van der Waals surface area contributed by atoms with E-state index in [0.29, 0.717) is 6.54 Å². The van der Waals surface area contributed by atoms with Crippen molar-refractivity contribution in [2.45, 2.75) is 70.2 Å². The van der Waals surface area contributed by atoms with Gasteiger partial charge >= 0.3 is 0 Å². The number of aliphatic hydroxyl groups is 1. The van der Waals surface area contributed by atoms with Gasteiger partial charge in [0.1, 0.15) is 0 Å². The summed E-state index contributed by atoms with van der Waals surface area (Å²) in [5, 5.41) is 9.49. The molecule has 3 N–H and O–H groups in total. The maximum atomic E-state index is 9.49. The first-order valence-electron chi connectivity index (χ1n) is 13.8. The minimum Gasteiger partial charge on any atom is -0.392 e. The highest BCUT2D eigenvalue weighted by molar-refractivity contribution is 5.65. The molecule has 5 nitrogen and oxygen atoms in total. The van der Waals surface area contributed by atoms with E-state index in [0.717, 1.165) is 59.4 Å². The van der Waals surface area contributed by atoms with E-state index in [1.807, 2.05) is 12.1 Å². The van der Waals surface area contributed by atoms with Crippen LogP contribution in [0.5, 0.6) is 0 Å². The van der Waals surface area contributed by atoms with Crippen LogP contribution in [0.15, 0.2) is 72.8 Å². The number of aliphatic hydroxyl groups excluding tert-OH is 1. The average Bonchev–Trinajstić information content (AvgIpc) is 2.94. The highest BCUT2D eigenvalue weighted by Gasteiger charge is 2.33. The van der Waals surface area contributed by atoms with E-state index >= 15 is 0 Å². The Labute approximate surface area is 221 Å². The summed E-state index contributed by atoms with van der Waals surface area (Å²) in [6, 6.07) is 25.0. The molecule has 0 saturated carbocycles. The lowest BCUT2D eigenvalue weighted by molar-refractivity contribution is -0.253. The summed E-state index contributed by atoms with van der Waals surface area (Å²) >= 11 is 0. The van der Waals surface area contributed by atoms with E-state index in [1.54, 1.807) is 0 Å². The second kappa shape index (κ2) is 12.8. The maximum Gasteiger partial charge on any atom is 0.184 e. The number of nitrogens with two attached hydrogens (primary N) is 1. The topological polar surface area (TPSA) is 68.0 Å². The lowest BCUT2D eigenvalue weighted by atomic mass is 9.98. The minimum absolute atomic E-state index is 0.0489. The van der Waals surface area contributed by atoms with Crippen LogP contribution in [0.25, 0.3) is 11.1 Å². The molecule has 37 heavy (non-hydrogen) atoms. The SMILES string of the molecule is NCc1cccc(-c2cccc([C@@H]3O[C@H](CN4CCCCCCC4)C[C@H](c4ccc(CO)cc4)O3)c2)c1. The summed E-state index contributed by atoms with van der Waals surface area (Å²) in [6.07, 6.45) is 6.96. The summed E-state index contributed by atoms with van der Waals surface area (Å²) in [4.78, 5) is 2.59. The smallest absolute Gasteiger partial charge is 0.184 e. The monoisotopic (exact) mass is 500 g/mol. The fraction of sp³-hybridized carbons (Fsp3) is 0.438. The van der Waals surface area contributed by atoms with Gasteiger partial charge in [0.25, 0.3) is 0 Å². The van der Waals surface area contributed by atoms with Crippen LogP contribution in [0.3, 0.4) is 0 Å². The van der Waals surface area contributed by atoms with E-state index in [9.17, 15) is 5.11 Å². The molecule has 5 heteroatoms. The van der Waals surface area contributed by atoms with Gasteiger partial charge in [-0.25, -0.2) is 0 Å². The summed E-state index contributed by atoms with van der Waals surface area (Å²) in [5.41, 5.74) is 12.4. The number of rotatable bonds is 7. The van der Waals surface area contributed by atoms with Crippen molar-refractivity contribution in [2.24, 2.45) is 5.73 Å². The lowest BCUT2D eigenvalue weighted by Crippen LogP contribution is -2.40. The van der Waals surface area contributed by atoms with Crippen molar-refractivity contribution < 1.29 is 14.6 Å². The summed E-state index contributed by atoms with van der Waals surface area (Å²) in [5.74, 6) is 0. The van der Waals surface area contributed by atoms with Crippen molar-refractivity contribution in [2.75, 3.05) is 19.6 Å². The minimum atomic E-state index is -0.436. The van der Waals surface area contributed by atoms with Gasteiger partial charge in [-0.15, -0.1) is 0 Å². The number of benzene rings is 3. The molecule has 0 unspecified atom stereocenters. The third-order valence-corrected chi connectivity index (χ3v) is 7.68. The quantitative estimate of drug-likeness (QED) is 0.409. The molecule has 0 bridgehead atoms. The van der Waals surface area contributed by atoms with Gasteiger partial charge in [-0.3, -0.25) is 0 Å². The van der Waals surface area contributed by atoms with Crippen molar-refractivity contribution in [3.05, 3.63) is 95.1 Å². The molecule has 0 aliphatic carbocycles. The molecule has 0 spiro atoms. The molecular weight excluding hydrogens is 460 g/mol. The van der Waals surface area contributed by atoms with Crippen LogP contribution in [-0.4, -0.2) is 35.7 Å². The zero-order valence-corrected chi connectivity index (χ0v) is 21.7. The number of nitrogens with zero attached hydrogens (tertiary/aromatic N) is 1. The normalized spacial score (nSPS) is 23.4. The third kappa shape index (κ3) is 6.86. The van der Waals surface area contributed by atoms with Crippen molar-refractivity contribution in [3.63, 3.8) is 0 Å². The maximum absolute atomic E-state index is 9.49. The van der Waals surface area contributed by atoms with Gasteiger partial charge < -0.3 is 25.2 Å². The zero-order valence-electron chi connectivity index (χ0n) is 21.7. The molecule has 2 saturated heterocycles. The van der Waals surface area contributed by atoms with Crippen LogP contribution in [0.1, 0.15) is 73.2 Å². The van der Waals surface area contributed by atoms with E-state index in [-0.39, 0.29) is 18.8 Å². The largest absolute Gasteiger partial charge is 0.392 e. The van der Waals surface area contributed by atoms with Gasteiger partial charge in [-0.2, -0.15) is 0 Å². The van der Waals surface area contributed by atoms with Gasteiger partial charge in [-0.05, 0) is 65.9 Å². The molecule has 3 atom stereocenters. The second-order valence-electron chi connectivity index (χ2n) is 10.4. The van der Waals surface area contributed by atoms with Gasteiger partial charge in [0.05, 0.1) is 18.8 Å². The predicted molar refractivity (Wildman–Crippen MR) is 148 cm³/mol. The van der Waals surface area contributed by atoms with Crippen molar-refractivity contribution >= 4 is 0 Å². The standard InChI is InChI=1S/C32H40N2O3/c33-21-25-8-6-9-27(18-25)28-10-7-11-29(19-28)32-36-30(22-34-16-4-2-1-3-5-17-34)20-31(37-32)26-14-12-24(23-35)13-15-26/h6-15,18-19,30-32,35H,1-5,16-17,20-23,33H2/t30-,31+,32+/m0/s1. The first-order valence-corrected chi connectivity index (χ1v) is 13.8. The molecule has 2 fully saturated rings. The molecule has 5 rings (SSSR count). The Morgan fingerprint density at radius 2 is 1.46 bits per heavy atom. The summed E-state index contributed by atoms with van der Waals surface area (Å²) < 4.78 is 13.3. The van der Waals surface area contributed by atoms with Gasteiger partial charge in [0, 0.05) is 25.1 Å². The molecule has 3 aromatic rings. The van der Waals surface area contributed by atoms with E-state index in [1.165, 1.54) is 32.1 Å². The summed E-state index contributed by atoms with van der Waals surface area (Å²) in [6.45, 7) is 3.80. The Hall–Kier alpha value is -2.54. The Kier molecular flexibility index (Phi) is 9.03. The number of ether oxygens (including phenoxy) is 2. The van der Waals surface area contributed by atoms with E-state index in [4.69, 9.17) is 15.2 Å². The number of hydrogen-bond acceptors (Lipinski definition) is 5. The number of likely N-dealkylation sites (tertiary alicyclic amines) is 1. The molecular formula is C32H40N2O3. The molecule has 0 radical (unpaired) electrons. The second-order valence-corrected chi connectivity index (χ2v) is 10.4. The van der Waals surface area contributed by atoms with Crippen LogP contribution >= 0.6 is 0 Å². The van der Waals surface area contributed by atoms with Gasteiger partial charge in [-0.1, -0.05) is 79.9 Å². The first kappa shape index (κ1) is 26.1. The summed E-state index contributed by atoms with van der Waals surface area (Å²) in [7, 11) is 0. The predicted octanol–water partition coefficient (Wildman–Crippen LogP) is 6.12. The average molecular weight is 501 g/mol. The van der Waals surface area contributed by atoms with Gasteiger partial charge in [0.15, 0.2) is 6.29 Å². The van der Waals surface area contributed by atoms with Crippen LogP contribution < -0.4 is 5.73 Å². The van der Waals surface area contributed by atoms with Crippen LogP contribution in [0.2, 0.25) is 0 Å². The van der Waals surface area contributed by atoms with E-state index in [2.05, 4.69) is 65.6 Å². The Morgan fingerprint density at radius 3 is 2.19 bits per heavy atom. The Morgan fingerprint density at radius 1 is 0.757 bits per heavy atom. The molecule has 3 aromatic carbocycles. The Bertz CT molecular complexity index is 1120. The molecule has 2 aliphatic heterocycles. The van der Waals surface area contributed by atoms with Crippen LogP contribution in [-0.2, 0) is 22.6 Å². The fourth-order valence-electron chi connectivity index (χ4n) is 5.56. The van der Waals surface area contributed by atoms with Crippen molar-refractivity contribution in [1.82, 2.24) is 4.90 Å². The highest BCUT2D eigenvalue weighted by Crippen LogP contribution is 2.39. The fourth-order valence-corrected chi connectivity index (χ4v) is 5.56. The zero-order chi connectivity index (χ0) is 25.5. The van der Waals surface area contributed by atoms with Gasteiger partial charge in [0.2, 0.25) is 0 Å². The molecule has 2 heterocycles. The highest BCUT2D eigenvalue weighted by atomic mass is 16.7. The van der Waals surface area contributed by atoms with E-state index < -0.39 is 6.29 Å². The van der Waals surface area contributed by atoms with Crippen molar-refractivity contribution in [1.29, 1.82) is 0 Å². The Balaban J connectivity index is 1.39. The molecule has 0 amide bonds. The molecule has 2 aliphatic rings. The van der Waals surface area contributed by atoms with Crippen LogP contribution in [0.4, 0.5) is 0 Å². The first-order chi connectivity index (χ1) is 18.2. The van der Waals surface area contributed by atoms with Crippen molar-refractivity contribution in [3.8, 4) is 11.1 Å². The van der Waals surface area contributed by atoms with Crippen LogP contribution in [0, 0.1) is 0 Å². The molecule has 0 aromatic heterocycles. The lowest BCUT2D eigenvalue weighted by Gasteiger charge is -2.39.